The molecule has 5 fully saturated rings. The zero-order valence-electron chi connectivity index (χ0n) is 13.9. The van der Waals surface area contributed by atoms with Crippen molar-refractivity contribution in [1.82, 2.24) is 19.6 Å². The predicted molar refractivity (Wildman–Crippen MR) is 84.5 cm³/mol. The van der Waals surface area contributed by atoms with E-state index in [0.29, 0.717) is 24.2 Å². The van der Waals surface area contributed by atoms with Crippen LogP contribution in [0.1, 0.15) is 20.3 Å². The van der Waals surface area contributed by atoms with E-state index in [2.05, 4.69) is 33.4 Å². The van der Waals surface area contributed by atoms with Gasteiger partial charge in [-0.25, -0.2) is 0 Å². The molecule has 1 N–H and O–H groups in total. The van der Waals surface area contributed by atoms with Crippen LogP contribution in [-0.4, -0.2) is 108 Å². The minimum absolute atomic E-state index is 0.377. The summed E-state index contributed by atoms with van der Waals surface area (Å²) in [7, 11) is 0. The van der Waals surface area contributed by atoms with E-state index in [9.17, 15) is 5.11 Å². The number of nitrogens with zero attached hydrogens (tertiary/aromatic N) is 4. The highest BCUT2D eigenvalue weighted by molar-refractivity contribution is 5.02. The van der Waals surface area contributed by atoms with E-state index < -0.39 is 0 Å². The summed E-state index contributed by atoms with van der Waals surface area (Å²) in [6.45, 7) is 12.6. The maximum Gasteiger partial charge on any atom is 0.166 e. The van der Waals surface area contributed by atoms with Crippen molar-refractivity contribution in [3.63, 3.8) is 0 Å². The molecule has 0 spiro atoms. The lowest BCUT2D eigenvalue weighted by atomic mass is 9.87. The lowest BCUT2D eigenvalue weighted by molar-refractivity contribution is -0.223. The fourth-order valence-electron chi connectivity index (χ4n) is 4.43. The highest BCUT2D eigenvalue weighted by Gasteiger charge is 2.49. The number of hydrogen-bond donors (Lipinski definition) is 1. The summed E-state index contributed by atoms with van der Waals surface area (Å²) in [6, 6.07) is 2.35. The van der Waals surface area contributed by atoms with Crippen molar-refractivity contribution in [2.75, 3.05) is 52.5 Å². The largest absolute Gasteiger partial charge is 0.378 e. The van der Waals surface area contributed by atoms with Crippen LogP contribution < -0.4 is 0 Å². The first-order valence-electron chi connectivity index (χ1n) is 8.89. The zero-order chi connectivity index (χ0) is 15.3. The molecule has 0 radical (unpaired) electrons. The summed E-state index contributed by atoms with van der Waals surface area (Å²) in [6.07, 6.45) is 0.887. The van der Waals surface area contributed by atoms with Gasteiger partial charge in [0.05, 0.1) is 19.3 Å². The highest BCUT2D eigenvalue weighted by Crippen LogP contribution is 2.35. The molecule has 0 aliphatic carbocycles. The Morgan fingerprint density at radius 1 is 0.909 bits per heavy atom. The van der Waals surface area contributed by atoms with Gasteiger partial charge in [-0.3, -0.25) is 19.6 Å². The Bertz CT molecular complexity index is 384. The van der Waals surface area contributed by atoms with Crippen LogP contribution in [0.4, 0.5) is 0 Å². The fraction of sp³-hybridized carbons (Fsp3) is 1.00. The Hall–Kier alpha value is -0.240. The molecule has 22 heavy (non-hydrogen) atoms. The Balaban J connectivity index is 1.29. The molecule has 0 aromatic carbocycles. The first kappa shape index (κ1) is 15.3. The summed E-state index contributed by atoms with van der Waals surface area (Å²) in [5, 5.41) is 10.8. The number of fused-ring (bicyclic) bond motifs is 2. The van der Waals surface area contributed by atoms with E-state index >= 15 is 0 Å². The number of piperazine rings is 2. The first-order valence-corrected chi connectivity index (χ1v) is 8.89. The van der Waals surface area contributed by atoms with Gasteiger partial charge < -0.3 is 9.84 Å². The molecule has 5 aliphatic rings. The summed E-state index contributed by atoms with van der Waals surface area (Å²) in [5.41, 5.74) is 0. The molecule has 5 rings (SSSR count). The third-order valence-electron chi connectivity index (χ3n) is 6.09. The molecule has 3 atom stereocenters. The van der Waals surface area contributed by atoms with Crippen LogP contribution in [0.5, 0.6) is 0 Å². The molecule has 5 saturated heterocycles. The second-order valence-electron chi connectivity index (χ2n) is 7.65. The maximum atomic E-state index is 10.8. The molecule has 5 aliphatic heterocycles. The summed E-state index contributed by atoms with van der Waals surface area (Å²) >= 11 is 0. The number of hydrogen-bond acceptors (Lipinski definition) is 6. The monoisotopic (exact) mass is 310 g/mol. The number of aliphatic hydroxyl groups is 1. The smallest absolute Gasteiger partial charge is 0.166 e. The average molecular weight is 310 g/mol. The van der Waals surface area contributed by atoms with Gasteiger partial charge in [-0.15, -0.1) is 0 Å². The Morgan fingerprint density at radius 2 is 1.55 bits per heavy atom. The van der Waals surface area contributed by atoms with Crippen LogP contribution in [0.3, 0.4) is 0 Å². The Kier molecular flexibility index (Phi) is 4.17. The molecule has 6 heteroatoms. The Labute approximate surface area is 133 Å². The van der Waals surface area contributed by atoms with Gasteiger partial charge in [0.15, 0.2) is 6.35 Å². The minimum atomic E-state index is -0.377. The number of piperidine rings is 1. The van der Waals surface area contributed by atoms with Crippen molar-refractivity contribution in [3.05, 3.63) is 0 Å². The third kappa shape index (κ3) is 2.60. The number of aliphatic hydroxyl groups excluding tert-OH is 1. The van der Waals surface area contributed by atoms with Gasteiger partial charge in [0, 0.05) is 57.4 Å². The molecule has 2 bridgehead atoms. The van der Waals surface area contributed by atoms with Crippen molar-refractivity contribution >= 4 is 0 Å². The number of rotatable bonds is 4. The van der Waals surface area contributed by atoms with Crippen LogP contribution in [0.2, 0.25) is 0 Å². The normalized spacial score (nSPS) is 37.1. The molecule has 0 aromatic rings. The van der Waals surface area contributed by atoms with Crippen LogP contribution in [0, 0.1) is 0 Å². The fourth-order valence-corrected chi connectivity index (χ4v) is 4.43. The van der Waals surface area contributed by atoms with Gasteiger partial charge >= 0.3 is 0 Å². The molecule has 3 unspecified atom stereocenters. The first-order chi connectivity index (χ1) is 10.6. The van der Waals surface area contributed by atoms with Crippen molar-refractivity contribution < 1.29 is 9.84 Å². The van der Waals surface area contributed by atoms with Crippen molar-refractivity contribution in [2.45, 2.75) is 50.8 Å². The van der Waals surface area contributed by atoms with Crippen LogP contribution >= 0.6 is 0 Å². The summed E-state index contributed by atoms with van der Waals surface area (Å²) in [4.78, 5) is 9.70. The highest BCUT2D eigenvalue weighted by atomic mass is 16.5. The topological polar surface area (TPSA) is 42.4 Å². The zero-order valence-corrected chi connectivity index (χ0v) is 13.9. The van der Waals surface area contributed by atoms with Gasteiger partial charge in [0.2, 0.25) is 0 Å². The number of ether oxygens (including phenoxy) is 1. The third-order valence-corrected chi connectivity index (χ3v) is 6.09. The van der Waals surface area contributed by atoms with Crippen molar-refractivity contribution in [1.29, 1.82) is 0 Å². The summed E-state index contributed by atoms with van der Waals surface area (Å²) < 4.78 is 5.29. The molecular formula is C16H30N4O2. The average Bonchev–Trinajstić information content (AvgIpc) is 2.46. The van der Waals surface area contributed by atoms with Gasteiger partial charge in [0.25, 0.3) is 0 Å². The van der Waals surface area contributed by atoms with E-state index in [1.54, 1.807) is 0 Å². The van der Waals surface area contributed by atoms with Crippen LogP contribution in [-0.2, 0) is 4.74 Å². The van der Waals surface area contributed by atoms with Gasteiger partial charge in [-0.1, -0.05) is 0 Å². The van der Waals surface area contributed by atoms with E-state index in [4.69, 9.17) is 4.74 Å². The van der Waals surface area contributed by atoms with Crippen molar-refractivity contribution in [2.24, 2.45) is 0 Å². The molecular weight excluding hydrogens is 280 g/mol. The standard InChI is InChI=1S/C16H30N4O2/c1-12(2)19-8-13-7-14(9-19)20(13)16(21)18-5-3-17(4-6-18)15-10-22-11-15/h12-16,21H,3-11H2,1-2H3. The molecule has 126 valence electrons. The van der Waals surface area contributed by atoms with E-state index in [1.807, 2.05) is 0 Å². The lowest BCUT2D eigenvalue weighted by Crippen LogP contribution is -2.74. The van der Waals surface area contributed by atoms with Crippen LogP contribution in [0.25, 0.3) is 0 Å². The lowest BCUT2D eigenvalue weighted by Gasteiger charge is -2.60. The van der Waals surface area contributed by atoms with Gasteiger partial charge in [0.1, 0.15) is 0 Å². The van der Waals surface area contributed by atoms with E-state index in [-0.39, 0.29) is 6.35 Å². The van der Waals surface area contributed by atoms with E-state index in [0.717, 1.165) is 52.5 Å². The quantitative estimate of drug-likeness (QED) is 0.751. The molecule has 0 aromatic heterocycles. The molecule has 6 nitrogen and oxygen atoms in total. The van der Waals surface area contributed by atoms with Crippen LogP contribution in [0.15, 0.2) is 0 Å². The van der Waals surface area contributed by atoms with Gasteiger partial charge in [-0.05, 0) is 20.3 Å². The van der Waals surface area contributed by atoms with Crippen molar-refractivity contribution in [3.8, 4) is 0 Å². The maximum absolute atomic E-state index is 10.8. The molecule has 5 heterocycles. The van der Waals surface area contributed by atoms with Gasteiger partial charge in [-0.2, -0.15) is 0 Å². The predicted octanol–water partition coefficient (Wildman–Crippen LogP) is -0.554. The second kappa shape index (κ2) is 6.00. The summed E-state index contributed by atoms with van der Waals surface area (Å²) in [5.74, 6) is 0. The molecule has 0 saturated carbocycles. The van der Waals surface area contributed by atoms with E-state index in [1.165, 1.54) is 6.42 Å². The Morgan fingerprint density at radius 3 is 2.05 bits per heavy atom. The minimum Gasteiger partial charge on any atom is -0.378 e. The second-order valence-corrected chi connectivity index (χ2v) is 7.65. The SMILES string of the molecule is CC(C)N1CC2CC(C1)N2C(O)N1CCN(C2COC2)CC1. The molecule has 0 amide bonds.